The molecule has 1 fully saturated rings. The Bertz CT molecular complexity index is 477. The number of amides is 1. The fourth-order valence-electron chi connectivity index (χ4n) is 2.49. The lowest BCUT2D eigenvalue weighted by Gasteiger charge is -2.31. The van der Waals surface area contributed by atoms with Crippen molar-refractivity contribution < 1.29 is 9.53 Å². The van der Waals surface area contributed by atoms with E-state index in [1.807, 2.05) is 31.2 Å². The summed E-state index contributed by atoms with van der Waals surface area (Å²) in [5, 5.41) is 3.33. The number of methoxy groups -OCH3 is 1. The number of nitrogens with two attached hydrogens (primary N) is 1. The van der Waals surface area contributed by atoms with Crippen molar-refractivity contribution in [3.8, 4) is 5.75 Å². The van der Waals surface area contributed by atoms with Crippen LogP contribution >= 0.6 is 11.8 Å². The van der Waals surface area contributed by atoms with Crippen LogP contribution < -0.4 is 15.8 Å². The summed E-state index contributed by atoms with van der Waals surface area (Å²) in [5.41, 5.74) is 5.09. The normalized spacial score (nSPS) is 17.5. The lowest BCUT2D eigenvalue weighted by molar-refractivity contribution is -0.124. The summed E-state index contributed by atoms with van der Waals surface area (Å²) in [6.07, 6.45) is 2.14. The van der Waals surface area contributed by atoms with E-state index in [9.17, 15) is 4.79 Å². The van der Waals surface area contributed by atoms with Crippen molar-refractivity contribution in [3.05, 3.63) is 24.3 Å². The standard InChI is InChI=1S/C15H22N2O2S/c1-3-17-15(14(16)18,11-8-9-11)10-20-13-7-5-4-6-12(13)19-2/h4-7,11,17H,3,8-10H2,1-2H3,(H2,16,18). The van der Waals surface area contributed by atoms with Crippen molar-refractivity contribution in [2.75, 3.05) is 19.4 Å². The van der Waals surface area contributed by atoms with Crippen LogP contribution in [0.5, 0.6) is 5.75 Å². The SMILES string of the molecule is CCNC(CSc1ccccc1OC)(C(N)=O)C1CC1. The van der Waals surface area contributed by atoms with Crippen LogP contribution in [0.15, 0.2) is 29.2 Å². The van der Waals surface area contributed by atoms with Gasteiger partial charge >= 0.3 is 0 Å². The molecule has 0 spiro atoms. The third kappa shape index (κ3) is 3.10. The molecular weight excluding hydrogens is 272 g/mol. The van der Waals surface area contributed by atoms with Gasteiger partial charge in [0.2, 0.25) is 5.91 Å². The molecule has 0 radical (unpaired) electrons. The lowest BCUT2D eigenvalue weighted by Crippen LogP contribution is -2.59. The molecule has 3 N–H and O–H groups in total. The number of carbonyl (C=O) groups excluding carboxylic acids is 1. The molecule has 1 unspecified atom stereocenters. The number of hydrogen-bond acceptors (Lipinski definition) is 4. The number of para-hydroxylation sites is 1. The van der Waals surface area contributed by atoms with E-state index in [1.165, 1.54) is 0 Å². The first-order chi connectivity index (χ1) is 9.64. The van der Waals surface area contributed by atoms with Crippen LogP contribution in [0.3, 0.4) is 0 Å². The summed E-state index contributed by atoms with van der Waals surface area (Å²) in [7, 11) is 1.66. The highest BCUT2D eigenvalue weighted by Gasteiger charge is 2.49. The highest BCUT2D eigenvalue weighted by Crippen LogP contribution is 2.43. The van der Waals surface area contributed by atoms with E-state index in [2.05, 4.69) is 5.32 Å². The summed E-state index contributed by atoms with van der Waals surface area (Å²) in [6.45, 7) is 2.75. The molecule has 20 heavy (non-hydrogen) atoms. The van der Waals surface area contributed by atoms with Crippen LogP contribution in [0, 0.1) is 5.92 Å². The van der Waals surface area contributed by atoms with E-state index < -0.39 is 5.54 Å². The number of hydrogen-bond donors (Lipinski definition) is 2. The minimum absolute atomic E-state index is 0.246. The van der Waals surface area contributed by atoms with E-state index in [-0.39, 0.29) is 5.91 Å². The second kappa shape index (κ2) is 6.50. The van der Waals surface area contributed by atoms with E-state index in [0.29, 0.717) is 11.7 Å². The molecule has 1 aliphatic rings. The smallest absolute Gasteiger partial charge is 0.238 e. The third-order valence-corrected chi connectivity index (χ3v) is 4.98. The summed E-state index contributed by atoms with van der Waals surface area (Å²) in [4.78, 5) is 13.0. The fraction of sp³-hybridized carbons (Fsp3) is 0.533. The summed E-state index contributed by atoms with van der Waals surface area (Å²) >= 11 is 1.63. The number of carbonyl (C=O) groups is 1. The van der Waals surface area contributed by atoms with Crippen molar-refractivity contribution >= 4 is 17.7 Å². The maximum absolute atomic E-state index is 12.0. The molecule has 1 atom stereocenters. The molecule has 5 heteroatoms. The summed E-state index contributed by atoms with van der Waals surface area (Å²) < 4.78 is 5.35. The van der Waals surface area contributed by atoms with E-state index in [0.717, 1.165) is 30.0 Å². The van der Waals surface area contributed by atoms with E-state index >= 15 is 0 Å². The number of ether oxygens (including phenoxy) is 1. The molecule has 0 aliphatic heterocycles. The molecule has 0 saturated heterocycles. The molecule has 1 amide bonds. The second-order valence-corrected chi connectivity index (χ2v) is 6.10. The Morgan fingerprint density at radius 1 is 1.50 bits per heavy atom. The van der Waals surface area contributed by atoms with Gasteiger partial charge in [-0.3, -0.25) is 4.79 Å². The molecule has 1 aromatic rings. The summed E-state index contributed by atoms with van der Waals surface area (Å²) in [5.74, 6) is 1.59. The van der Waals surface area contributed by atoms with Gasteiger partial charge in [-0.1, -0.05) is 19.1 Å². The van der Waals surface area contributed by atoms with Crippen LogP contribution in [0.4, 0.5) is 0 Å². The Morgan fingerprint density at radius 3 is 2.75 bits per heavy atom. The quantitative estimate of drug-likeness (QED) is 0.720. The lowest BCUT2D eigenvalue weighted by atomic mass is 9.94. The molecule has 1 aromatic carbocycles. The largest absolute Gasteiger partial charge is 0.496 e. The average Bonchev–Trinajstić information content (AvgIpc) is 3.28. The molecule has 0 heterocycles. The molecule has 0 bridgehead atoms. The number of rotatable bonds is 8. The van der Waals surface area contributed by atoms with Gasteiger partial charge in [0.15, 0.2) is 0 Å². The zero-order chi connectivity index (χ0) is 14.6. The van der Waals surface area contributed by atoms with Crippen LogP contribution in [0.2, 0.25) is 0 Å². The van der Waals surface area contributed by atoms with Crippen molar-refractivity contribution in [3.63, 3.8) is 0 Å². The fourth-order valence-corrected chi connectivity index (χ4v) is 3.83. The Balaban J connectivity index is 2.14. The van der Waals surface area contributed by atoms with Crippen LogP contribution in [0.1, 0.15) is 19.8 Å². The van der Waals surface area contributed by atoms with Gasteiger partial charge in [-0.05, 0) is 37.4 Å². The van der Waals surface area contributed by atoms with Gasteiger partial charge in [0, 0.05) is 10.6 Å². The van der Waals surface area contributed by atoms with Gasteiger partial charge in [-0.15, -0.1) is 11.8 Å². The molecule has 1 saturated carbocycles. The monoisotopic (exact) mass is 294 g/mol. The average molecular weight is 294 g/mol. The Morgan fingerprint density at radius 2 is 2.20 bits per heavy atom. The van der Waals surface area contributed by atoms with Crippen molar-refractivity contribution in [2.24, 2.45) is 11.7 Å². The molecular formula is C15H22N2O2S. The maximum atomic E-state index is 12.0. The van der Waals surface area contributed by atoms with Crippen molar-refractivity contribution in [1.29, 1.82) is 0 Å². The van der Waals surface area contributed by atoms with Crippen LogP contribution in [-0.4, -0.2) is 30.9 Å². The Labute approximate surface area is 124 Å². The van der Waals surface area contributed by atoms with Gasteiger partial charge in [0.1, 0.15) is 11.3 Å². The molecule has 110 valence electrons. The first-order valence-corrected chi connectivity index (χ1v) is 7.93. The number of benzene rings is 1. The Kier molecular flexibility index (Phi) is 4.94. The predicted octanol–water partition coefficient (Wildman–Crippen LogP) is 2.03. The minimum Gasteiger partial charge on any atom is -0.496 e. The van der Waals surface area contributed by atoms with Crippen LogP contribution in [-0.2, 0) is 4.79 Å². The molecule has 0 aromatic heterocycles. The second-order valence-electron chi connectivity index (χ2n) is 5.08. The number of thioether (sulfide) groups is 1. The van der Waals surface area contributed by atoms with Gasteiger partial charge < -0.3 is 15.8 Å². The molecule has 2 rings (SSSR count). The predicted molar refractivity (Wildman–Crippen MR) is 82.0 cm³/mol. The topological polar surface area (TPSA) is 64.3 Å². The molecule has 1 aliphatic carbocycles. The summed E-state index contributed by atoms with van der Waals surface area (Å²) in [6, 6.07) is 7.85. The van der Waals surface area contributed by atoms with Crippen LogP contribution in [0.25, 0.3) is 0 Å². The first-order valence-electron chi connectivity index (χ1n) is 6.94. The minimum atomic E-state index is -0.597. The van der Waals surface area contributed by atoms with Gasteiger partial charge in [-0.2, -0.15) is 0 Å². The van der Waals surface area contributed by atoms with Crippen molar-refractivity contribution in [1.82, 2.24) is 5.32 Å². The van der Waals surface area contributed by atoms with Gasteiger partial charge in [-0.25, -0.2) is 0 Å². The van der Waals surface area contributed by atoms with Gasteiger partial charge in [0.25, 0.3) is 0 Å². The first kappa shape index (κ1) is 15.2. The number of nitrogens with one attached hydrogen (secondary N) is 1. The van der Waals surface area contributed by atoms with Crippen molar-refractivity contribution in [2.45, 2.75) is 30.2 Å². The Hall–Kier alpha value is -1.20. The zero-order valence-corrected chi connectivity index (χ0v) is 12.8. The zero-order valence-electron chi connectivity index (χ0n) is 12.0. The highest BCUT2D eigenvalue weighted by atomic mass is 32.2. The number of primary amides is 1. The number of likely N-dealkylation sites (N-methyl/N-ethyl adjacent to an activating group) is 1. The third-order valence-electron chi connectivity index (χ3n) is 3.73. The maximum Gasteiger partial charge on any atom is 0.238 e. The van der Waals surface area contributed by atoms with E-state index in [4.69, 9.17) is 10.5 Å². The van der Waals surface area contributed by atoms with E-state index in [1.54, 1.807) is 18.9 Å². The highest BCUT2D eigenvalue weighted by molar-refractivity contribution is 7.99. The molecule has 4 nitrogen and oxygen atoms in total. The van der Waals surface area contributed by atoms with Gasteiger partial charge in [0.05, 0.1) is 7.11 Å².